The van der Waals surface area contributed by atoms with Crippen LogP contribution in [-0.2, 0) is 4.79 Å². The molecule has 86 valence electrons. The molecule has 2 rings (SSSR count). The molecular weight excluding hydrogens is 247 g/mol. The third kappa shape index (κ3) is 2.11. The smallest absolute Gasteiger partial charge is 0.244 e. The second-order valence-corrected chi connectivity index (χ2v) is 4.63. The lowest BCUT2D eigenvalue weighted by molar-refractivity contribution is -0.127. The molecule has 1 atom stereocenters. The van der Waals surface area contributed by atoms with Gasteiger partial charge in [0.1, 0.15) is 6.04 Å². The zero-order valence-corrected chi connectivity index (χ0v) is 10.3. The molecule has 1 aliphatic rings. The fourth-order valence-electron chi connectivity index (χ4n) is 1.76. The van der Waals surface area contributed by atoms with Crippen LogP contribution in [0.4, 0.5) is 5.69 Å². The molecule has 5 heteroatoms. The zero-order valence-electron chi connectivity index (χ0n) is 8.84. The Balaban J connectivity index is 2.16. The third-order valence-electron chi connectivity index (χ3n) is 2.71. The van der Waals surface area contributed by atoms with Crippen LogP contribution in [0.5, 0.6) is 0 Å². The van der Waals surface area contributed by atoms with Crippen molar-refractivity contribution in [2.24, 2.45) is 0 Å². The number of amides is 1. The number of hydrogen-bond donors (Lipinski definition) is 1. The second kappa shape index (κ2) is 4.52. The van der Waals surface area contributed by atoms with Crippen LogP contribution >= 0.6 is 23.2 Å². The van der Waals surface area contributed by atoms with E-state index in [0.29, 0.717) is 15.7 Å². The Morgan fingerprint density at radius 3 is 2.81 bits per heavy atom. The van der Waals surface area contributed by atoms with Crippen molar-refractivity contribution in [2.75, 3.05) is 18.9 Å². The number of carbonyl (C=O) groups excluding carboxylic acids is 1. The van der Waals surface area contributed by atoms with E-state index in [1.165, 1.54) is 0 Å². The summed E-state index contributed by atoms with van der Waals surface area (Å²) in [4.78, 5) is 13.4. The van der Waals surface area contributed by atoms with Gasteiger partial charge in [0.05, 0.1) is 15.7 Å². The number of hydrogen-bond acceptors (Lipinski definition) is 2. The van der Waals surface area contributed by atoms with Crippen molar-refractivity contribution in [1.29, 1.82) is 0 Å². The highest BCUT2D eigenvalue weighted by Gasteiger charge is 2.29. The van der Waals surface area contributed by atoms with Crippen LogP contribution < -0.4 is 5.32 Å². The fourth-order valence-corrected chi connectivity index (χ4v) is 2.11. The molecule has 1 aromatic carbocycles. The third-order valence-corrected chi connectivity index (χ3v) is 3.53. The van der Waals surface area contributed by atoms with E-state index in [-0.39, 0.29) is 11.9 Å². The van der Waals surface area contributed by atoms with Crippen molar-refractivity contribution < 1.29 is 4.79 Å². The maximum Gasteiger partial charge on any atom is 0.244 e. The summed E-state index contributed by atoms with van der Waals surface area (Å²) in [6, 6.07) is 5.15. The molecule has 16 heavy (non-hydrogen) atoms. The lowest BCUT2D eigenvalue weighted by Crippen LogP contribution is -2.31. The Labute approximate surface area is 104 Å². The van der Waals surface area contributed by atoms with Crippen molar-refractivity contribution in [1.82, 2.24) is 4.90 Å². The van der Waals surface area contributed by atoms with Gasteiger partial charge in [-0.25, -0.2) is 0 Å². The molecule has 1 aliphatic heterocycles. The van der Waals surface area contributed by atoms with E-state index < -0.39 is 0 Å². The van der Waals surface area contributed by atoms with Crippen molar-refractivity contribution in [3.05, 3.63) is 28.2 Å². The molecule has 1 amide bonds. The van der Waals surface area contributed by atoms with Gasteiger partial charge in [-0.15, -0.1) is 0 Å². The molecular formula is C11H12Cl2N2O. The van der Waals surface area contributed by atoms with E-state index in [1.807, 2.05) is 6.07 Å². The Bertz CT molecular complexity index is 422. The van der Waals surface area contributed by atoms with Crippen LogP contribution in [0.15, 0.2) is 18.2 Å². The normalized spacial score (nSPS) is 20.3. The van der Waals surface area contributed by atoms with Gasteiger partial charge in [-0.05, 0) is 18.6 Å². The first-order chi connectivity index (χ1) is 7.59. The molecule has 0 aromatic heterocycles. The summed E-state index contributed by atoms with van der Waals surface area (Å²) < 4.78 is 0. The summed E-state index contributed by atoms with van der Waals surface area (Å²) in [5.74, 6) is 0.0936. The summed E-state index contributed by atoms with van der Waals surface area (Å²) in [6.07, 6.45) is 0.790. The van der Waals surface area contributed by atoms with E-state index in [1.54, 1.807) is 24.1 Å². The number of nitrogens with zero attached hydrogens (tertiary/aromatic N) is 1. The number of nitrogens with one attached hydrogen (secondary N) is 1. The number of carbonyl (C=O) groups is 1. The van der Waals surface area contributed by atoms with Crippen LogP contribution in [0.3, 0.4) is 0 Å². The average molecular weight is 259 g/mol. The van der Waals surface area contributed by atoms with Crippen molar-refractivity contribution in [2.45, 2.75) is 12.5 Å². The minimum absolute atomic E-state index is 0.0936. The summed E-state index contributed by atoms with van der Waals surface area (Å²) in [5.41, 5.74) is 0.711. The number of halogens is 2. The van der Waals surface area contributed by atoms with Crippen molar-refractivity contribution in [3.63, 3.8) is 0 Å². The maximum atomic E-state index is 11.7. The van der Waals surface area contributed by atoms with Gasteiger partial charge in [0, 0.05) is 13.6 Å². The molecule has 0 saturated carbocycles. The monoisotopic (exact) mass is 258 g/mol. The molecule has 1 heterocycles. The topological polar surface area (TPSA) is 32.3 Å². The van der Waals surface area contributed by atoms with Crippen LogP contribution in [0.1, 0.15) is 6.42 Å². The molecule has 0 bridgehead atoms. The van der Waals surface area contributed by atoms with Crippen molar-refractivity contribution in [3.8, 4) is 0 Å². The van der Waals surface area contributed by atoms with Gasteiger partial charge in [-0.2, -0.15) is 0 Å². The predicted molar refractivity (Wildman–Crippen MR) is 66.1 cm³/mol. The van der Waals surface area contributed by atoms with Gasteiger partial charge in [0.15, 0.2) is 0 Å². The van der Waals surface area contributed by atoms with Gasteiger partial charge in [-0.1, -0.05) is 29.3 Å². The molecule has 1 fully saturated rings. The number of anilines is 1. The number of likely N-dealkylation sites (tertiary alicyclic amines) is 1. The molecule has 0 radical (unpaired) electrons. The van der Waals surface area contributed by atoms with Gasteiger partial charge < -0.3 is 10.2 Å². The molecule has 1 unspecified atom stereocenters. The molecule has 3 nitrogen and oxygen atoms in total. The Morgan fingerprint density at radius 2 is 2.19 bits per heavy atom. The minimum Gasteiger partial charge on any atom is -0.372 e. The largest absolute Gasteiger partial charge is 0.372 e. The van der Waals surface area contributed by atoms with E-state index in [4.69, 9.17) is 23.2 Å². The quantitative estimate of drug-likeness (QED) is 0.885. The van der Waals surface area contributed by atoms with Gasteiger partial charge in [-0.3, -0.25) is 4.79 Å². The van der Waals surface area contributed by atoms with E-state index in [0.717, 1.165) is 13.0 Å². The molecule has 1 saturated heterocycles. The molecule has 0 aliphatic carbocycles. The van der Waals surface area contributed by atoms with Crippen LogP contribution in [-0.4, -0.2) is 30.4 Å². The zero-order chi connectivity index (χ0) is 11.7. The van der Waals surface area contributed by atoms with Crippen LogP contribution in [0.2, 0.25) is 10.0 Å². The van der Waals surface area contributed by atoms with Gasteiger partial charge in [0.2, 0.25) is 5.91 Å². The minimum atomic E-state index is -0.194. The lowest BCUT2D eigenvalue weighted by Gasteiger charge is -2.14. The van der Waals surface area contributed by atoms with Crippen LogP contribution in [0, 0.1) is 0 Å². The Morgan fingerprint density at radius 1 is 1.44 bits per heavy atom. The average Bonchev–Trinajstić information content (AvgIpc) is 2.57. The standard InChI is InChI=1S/C11H12Cl2N2O/c1-15-6-5-9(11(15)16)14-8-4-2-3-7(12)10(8)13/h2-4,9,14H,5-6H2,1H3. The number of benzene rings is 1. The lowest BCUT2D eigenvalue weighted by atomic mass is 10.2. The SMILES string of the molecule is CN1CCC(Nc2cccc(Cl)c2Cl)C1=O. The summed E-state index contributed by atoms with van der Waals surface area (Å²) in [6.45, 7) is 0.773. The molecule has 1 aromatic rings. The van der Waals surface area contributed by atoms with E-state index in [2.05, 4.69) is 5.32 Å². The Hall–Kier alpha value is -0.930. The van der Waals surface area contributed by atoms with E-state index >= 15 is 0 Å². The number of rotatable bonds is 2. The first-order valence-electron chi connectivity index (χ1n) is 5.05. The van der Waals surface area contributed by atoms with Gasteiger partial charge in [0.25, 0.3) is 0 Å². The maximum absolute atomic E-state index is 11.7. The second-order valence-electron chi connectivity index (χ2n) is 3.85. The first kappa shape index (κ1) is 11.6. The highest BCUT2D eigenvalue weighted by Crippen LogP contribution is 2.30. The molecule has 1 N–H and O–H groups in total. The summed E-state index contributed by atoms with van der Waals surface area (Å²) in [7, 11) is 1.80. The highest BCUT2D eigenvalue weighted by atomic mass is 35.5. The molecule has 0 spiro atoms. The summed E-state index contributed by atoms with van der Waals surface area (Å²) >= 11 is 11.9. The Kier molecular flexibility index (Phi) is 3.26. The van der Waals surface area contributed by atoms with Crippen LogP contribution in [0.25, 0.3) is 0 Å². The highest BCUT2D eigenvalue weighted by molar-refractivity contribution is 6.43. The first-order valence-corrected chi connectivity index (χ1v) is 5.80. The summed E-state index contributed by atoms with van der Waals surface area (Å²) in [5, 5.41) is 4.08. The van der Waals surface area contributed by atoms with Crippen molar-refractivity contribution >= 4 is 34.8 Å². The van der Waals surface area contributed by atoms with E-state index in [9.17, 15) is 4.79 Å². The number of likely N-dealkylation sites (N-methyl/N-ethyl adjacent to an activating group) is 1. The predicted octanol–water partition coefficient (Wildman–Crippen LogP) is 2.64. The van der Waals surface area contributed by atoms with Gasteiger partial charge >= 0.3 is 0 Å². The fraction of sp³-hybridized carbons (Fsp3) is 0.364.